The number of H-pyrrole nitrogens is 1. The lowest BCUT2D eigenvalue weighted by Crippen LogP contribution is -2.03. The number of methoxy groups -OCH3 is 1. The zero-order valence-electron chi connectivity index (χ0n) is 14.4. The molecule has 0 aliphatic carbocycles. The number of carboxylic acid groups (broad SMARTS) is 1. The third-order valence-electron chi connectivity index (χ3n) is 4.52. The largest absolute Gasteiger partial charge is 0.497 e. The number of aliphatic carboxylic acids is 1. The van der Waals surface area contributed by atoms with Crippen molar-refractivity contribution in [2.75, 3.05) is 12.4 Å². The number of ether oxygens (including phenoxy) is 1. The van der Waals surface area contributed by atoms with Gasteiger partial charge in [-0.1, -0.05) is 0 Å². The third-order valence-corrected chi connectivity index (χ3v) is 4.52. The molecule has 0 fully saturated rings. The van der Waals surface area contributed by atoms with Gasteiger partial charge in [-0.15, -0.1) is 0 Å². The van der Waals surface area contributed by atoms with Crippen LogP contribution in [0.15, 0.2) is 18.2 Å². The van der Waals surface area contributed by atoms with Crippen molar-refractivity contribution in [1.29, 1.82) is 0 Å². The molecule has 2 aromatic rings. The van der Waals surface area contributed by atoms with Gasteiger partial charge in [0.25, 0.3) is 5.91 Å². The second kappa shape index (κ2) is 6.47. The number of fused-ring (bicyclic) bond motifs is 1. The van der Waals surface area contributed by atoms with Gasteiger partial charge in [0.05, 0.1) is 18.4 Å². The van der Waals surface area contributed by atoms with Crippen molar-refractivity contribution in [3.8, 4) is 5.75 Å². The Balaban J connectivity index is 1.98. The molecule has 2 heterocycles. The molecule has 25 heavy (non-hydrogen) atoms. The monoisotopic (exact) mass is 340 g/mol. The average Bonchev–Trinajstić information content (AvgIpc) is 3.02. The summed E-state index contributed by atoms with van der Waals surface area (Å²) in [6, 6.07) is 5.46. The summed E-state index contributed by atoms with van der Waals surface area (Å²) in [4.78, 5) is 26.4. The van der Waals surface area contributed by atoms with Crippen molar-refractivity contribution in [3.05, 3.63) is 46.3 Å². The van der Waals surface area contributed by atoms with Crippen LogP contribution in [0.25, 0.3) is 11.6 Å². The van der Waals surface area contributed by atoms with E-state index in [4.69, 9.17) is 9.84 Å². The molecule has 0 radical (unpaired) electrons. The first-order chi connectivity index (χ1) is 11.9. The van der Waals surface area contributed by atoms with Crippen LogP contribution in [0, 0.1) is 13.8 Å². The highest BCUT2D eigenvalue weighted by Gasteiger charge is 2.25. The van der Waals surface area contributed by atoms with E-state index in [9.17, 15) is 9.59 Å². The standard InChI is InChI=1S/C19H20N2O4/c1-10-13(6-7-18(22)23)11(2)20-16(10)9-15-14-5-4-12(25-3)8-17(14)21-19(15)24/h4-5,8-9,20H,6-7H2,1-3H3,(H,21,24)(H,22,23). The van der Waals surface area contributed by atoms with Gasteiger partial charge in [-0.2, -0.15) is 0 Å². The number of aryl methyl sites for hydroxylation is 1. The number of anilines is 1. The van der Waals surface area contributed by atoms with Crippen LogP contribution in [0.2, 0.25) is 0 Å². The summed E-state index contributed by atoms with van der Waals surface area (Å²) in [6.07, 6.45) is 2.37. The van der Waals surface area contributed by atoms with Gasteiger partial charge in [0.15, 0.2) is 0 Å². The van der Waals surface area contributed by atoms with Crippen molar-refractivity contribution in [2.24, 2.45) is 0 Å². The summed E-state index contributed by atoms with van der Waals surface area (Å²) in [5.74, 6) is -0.303. The van der Waals surface area contributed by atoms with E-state index in [0.29, 0.717) is 17.7 Å². The number of hydrogen-bond acceptors (Lipinski definition) is 3. The summed E-state index contributed by atoms with van der Waals surface area (Å²) < 4.78 is 5.19. The molecule has 0 saturated carbocycles. The van der Waals surface area contributed by atoms with Crippen molar-refractivity contribution in [1.82, 2.24) is 4.98 Å². The summed E-state index contributed by atoms with van der Waals surface area (Å²) in [6.45, 7) is 3.86. The molecule has 130 valence electrons. The molecule has 0 spiro atoms. The highest BCUT2D eigenvalue weighted by molar-refractivity contribution is 6.35. The number of aromatic amines is 1. The molecule has 0 unspecified atom stereocenters. The van der Waals surface area contributed by atoms with Gasteiger partial charge < -0.3 is 20.1 Å². The maximum atomic E-state index is 12.3. The summed E-state index contributed by atoms with van der Waals surface area (Å²) in [5, 5.41) is 11.7. The molecular formula is C19H20N2O4. The van der Waals surface area contributed by atoms with E-state index in [2.05, 4.69) is 10.3 Å². The van der Waals surface area contributed by atoms with Gasteiger partial charge in [-0.3, -0.25) is 9.59 Å². The van der Waals surface area contributed by atoms with Gasteiger partial charge in [0.2, 0.25) is 0 Å². The molecular weight excluding hydrogens is 320 g/mol. The number of carbonyl (C=O) groups excluding carboxylic acids is 1. The predicted molar refractivity (Wildman–Crippen MR) is 95.7 cm³/mol. The first-order valence-electron chi connectivity index (χ1n) is 8.02. The maximum absolute atomic E-state index is 12.3. The number of carbonyl (C=O) groups is 2. The fourth-order valence-corrected chi connectivity index (χ4v) is 3.15. The molecule has 6 nitrogen and oxygen atoms in total. The van der Waals surface area contributed by atoms with Gasteiger partial charge in [-0.05, 0) is 49.6 Å². The molecule has 0 saturated heterocycles. The van der Waals surface area contributed by atoms with E-state index in [1.807, 2.05) is 32.1 Å². The molecule has 1 aliphatic rings. The molecule has 1 aromatic heterocycles. The van der Waals surface area contributed by atoms with Crippen LogP contribution < -0.4 is 10.1 Å². The number of hydrogen-bond donors (Lipinski definition) is 3. The second-order valence-corrected chi connectivity index (χ2v) is 6.08. The topological polar surface area (TPSA) is 91.4 Å². The van der Waals surface area contributed by atoms with Gasteiger partial charge in [0.1, 0.15) is 5.75 Å². The van der Waals surface area contributed by atoms with E-state index in [1.54, 1.807) is 13.2 Å². The summed E-state index contributed by atoms with van der Waals surface area (Å²) >= 11 is 0. The average molecular weight is 340 g/mol. The molecule has 3 N–H and O–H groups in total. The number of benzene rings is 1. The Bertz CT molecular complexity index is 893. The quantitative estimate of drug-likeness (QED) is 0.729. The highest BCUT2D eigenvalue weighted by atomic mass is 16.5. The van der Waals surface area contributed by atoms with Crippen molar-refractivity contribution in [2.45, 2.75) is 26.7 Å². The minimum Gasteiger partial charge on any atom is -0.497 e. The van der Waals surface area contributed by atoms with Crippen LogP contribution in [-0.2, 0) is 16.0 Å². The van der Waals surface area contributed by atoms with Crippen LogP contribution in [-0.4, -0.2) is 29.1 Å². The Morgan fingerprint density at radius 1 is 1.32 bits per heavy atom. The van der Waals surface area contributed by atoms with E-state index in [0.717, 1.165) is 33.8 Å². The highest BCUT2D eigenvalue weighted by Crippen LogP contribution is 2.36. The normalized spacial score (nSPS) is 14.5. The van der Waals surface area contributed by atoms with Crippen LogP contribution >= 0.6 is 0 Å². The van der Waals surface area contributed by atoms with Crippen molar-refractivity contribution < 1.29 is 19.4 Å². The number of amides is 1. The smallest absolute Gasteiger partial charge is 0.303 e. The Morgan fingerprint density at radius 2 is 2.08 bits per heavy atom. The number of rotatable bonds is 5. The van der Waals surface area contributed by atoms with Crippen molar-refractivity contribution in [3.63, 3.8) is 0 Å². The summed E-state index contributed by atoms with van der Waals surface area (Å²) in [5.41, 5.74) is 5.84. The van der Waals surface area contributed by atoms with Crippen LogP contribution in [0.4, 0.5) is 5.69 Å². The molecule has 1 aromatic carbocycles. The molecule has 0 bridgehead atoms. The fourth-order valence-electron chi connectivity index (χ4n) is 3.15. The fraction of sp³-hybridized carbons (Fsp3) is 0.263. The number of nitrogens with one attached hydrogen (secondary N) is 2. The van der Waals surface area contributed by atoms with E-state index < -0.39 is 5.97 Å². The minimum atomic E-state index is -0.821. The Morgan fingerprint density at radius 3 is 2.76 bits per heavy atom. The van der Waals surface area contributed by atoms with Gasteiger partial charge in [0, 0.05) is 29.4 Å². The molecule has 1 amide bonds. The van der Waals surface area contributed by atoms with Gasteiger partial charge in [-0.25, -0.2) is 0 Å². The molecule has 3 rings (SSSR count). The molecule has 6 heteroatoms. The number of aromatic nitrogens is 1. The zero-order chi connectivity index (χ0) is 18.1. The lowest BCUT2D eigenvalue weighted by molar-refractivity contribution is -0.137. The Hall–Kier alpha value is -3.02. The third kappa shape index (κ3) is 3.15. The second-order valence-electron chi connectivity index (χ2n) is 6.08. The Labute approximate surface area is 145 Å². The van der Waals surface area contributed by atoms with Gasteiger partial charge >= 0.3 is 5.97 Å². The molecule has 1 aliphatic heterocycles. The lowest BCUT2D eigenvalue weighted by atomic mass is 10.0. The number of carboxylic acids is 1. The lowest BCUT2D eigenvalue weighted by Gasteiger charge is -2.03. The van der Waals surface area contributed by atoms with E-state index in [-0.39, 0.29) is 12.3 Å². The maximum Gasteiger partial charge on any atom is 0.303 e. The Kier molecular flexibility index (Phi) is 4.35. The van der Waals surface area contributed by atoms with E-state index in [1.165, 1.54) is 0 Å². The van der Waals surface area contributed by atoms with E-state index >= 15 is 0 Å². The summed E-state index contributed by atoms with van der Waals surface area (Å²) in [7, 11) is 1.58. The predicted octanol–water partition coefficient (Wildman–Crippen LogP) is 3.15. The van der Waals surface area contributed by atoms with Crippen LogP contribution in [0.3, 0.4) is 0 Å². The first kappa shape index (κ1) is 16.8. The first-order valence-corrected chi connectivity index (χ1v) is 8.02. The van der Waals surface area contributed by atoms with Crippen LogP contribution in [0.5, 0.6) is 5.75 Å². The van der Waals surface area contributed by atoms with Crippen LogP contribution in [0.1, 0.15) is 34.5 Å². The zero-order valence-corrected chi connectivity index (χ0v) is 14.4. The molecule has 0 atom stereocenters. The minimum absolute atomic E-state index is 0.0820. The van der Waals surface area contributed by atoms with Crippen molar-refractivity contribution >= 4 is 29.2 Å². The SMILES string of the molecule is COc1ccc2c(c1)NC(=O)C2=Cc1[nH]c(C)c(CCC(=O)O)c1C.